The average molecular weight is 465 g/mol. The predicted octanol–water partition coefficient (Wildman–Crippen LogP) is 3.21. The highest BCUT2D eigenvalue weighted by Gasteiger charge is 2.43. The normalized spacial score (nSPS) is 23.3. The van der Waals surface area contributed by atoms with Gasteiger partial charge < -0.3 is 34.3 Å². The van der Waals surface area contributed by atoms with Gasteiger partial charge in [-0.1, -0.05) is 42.0 Å². The molecule has 0 saturated carbocycles. The van der Waals surface area contributed by atoms with Crippen LogP contribution in [0.4, 0.5) is 0 Å². The maximum absolute atomic E-state index is 11.7. The maximum Gasteiger partial charge on any atom is 0.336 e. The van der Waals surface area contributed by atoms with Crippen LogP contribution in [0.25, 0.3) is 6.08 Å². The van der Waals surface area contributed by atoms with E-state index in [9.17, 15) is 20.1 Å². The van der Waals surface area contributed by atoms with Crippen molar-refractivity contribution in [1.82, 2.24) is 0 Å². The van der Waals surface area contributed by atoms with Crippen molar-refractivity contribution >= 4 is 12.0 Å². The molecule has 1 saturated heterocycles. The van der Waals surface area contributed by atoms with Gasteiger partial charge in [0.15, 0.2) is 5.79 Å². The van der Waals surface area contributed by atoms with Gasteiger partial charge >= 0.3 is 5.97 Å². The van der Waals surface area contributed by atoms with E-state index in [0.29, 0.717) is 17.5 Å². The molecule has 1 unspecified atom stereocenters. The number of aliphatic hydroxyl groups excluding tert-OH is 2. The van der Waals surface area contributed by atoms with E-state index >= 15 is 0 Å². The van der Waals surface area contributed by atoms with Gasteiger partial charge in [-0.2, -0.15) is 0 Å². The smallest absolute Gasteiger partial charge is 0.336 e. The minimum Gasteiger partial charge on any atom is -0.478 e. The Hall–Kier alpha value is -2.07. The van der Waals surface area contributed by atoms with Gasteiger partial charge in [-0.05, 0) is 52.2 Å². The summed E-state index contributed by atoms with van der Waals surface area (Å²) >= 11 is 0. The van der Waals surface area contributed by atoms with Gasteiger partial charge in [0.2, 0.25) is 0 Å². The quantitative estimate of drug-likeness (QED) is 0.338. The van der Waals surface area contributed by atoms with Crippen molar-refractivity contribution in [3.8, 4) is 0 Å². The Balaban J connectivity index is 2.16. The molecule has 0 radical (unpaired) electrons. The van der Waals surface area contributed by atoms with Crippen LogP contribution in [0.15, 0.2) is 30.4 Å². The summed E-state index contributed by atoms with van der Waals surface area (Å²) in [5, 5.41) is 30.2. The summed E-state index contributed by atoms with van der Waals surface area (Å²) < 4.78 is 22.2. The molecule has 3 N–H and O–H groups in total. The second kappa shape index (κ2) is 11.9. The lowest BCUT2D eigenvalue weighted by molar-refractivity contribution is -0.152. The molecule has 2 rings (SSSR count). The largest absolute Gasteiger partial charge is 0.478 e. The zero-order valence-electron chi connectivity index (χ0n) is 20.1. The van der Waals surface area contributed by atoms with Crippen molar-refractivity contribution in [2.75, 3.05) is 13.9 Å². The SMILES string of the molecule is COCO[C@@H](/C=C\C(O)[C@H]1OC(C)(C)O[C@@H]1C/C=C/c1cc(C)cc(C)c1C(=O)O)[C@H](C)O. The van der Waals surface area contributed by atoms with Crippen molar-refractivity contribution in [2.24, 2.45) is 0 Å². The number of hydrogen-bond donors (Lipinski definition) is 3. The number of aromatic carboxylic acids is 1. The molecular formula is C25H36O8. The molecular weight excluding hydrogens is 428 g/mol. The number of carbonyl (C=O) groups is 1. The van der Waals surface area contributed by atoms with Gasteiger partial charge in [-0.25, -0.2) is 4.79 Å². The first kappa shape index (κ1) is 27.2. The van der Waals surface area contributed by atoms with Crippen LogP contribution in [0.2, 0.25) is 0 Å². The first-order valence-electron chi connectivity index (χ1n) is 11.0. The monoisotopic (exact) mass is 464 g/mol. The second-order valence-electron chi connectivity index (χ2n) is 8.78. The van der Waals surface area contributed by atoms with Crippen LogP contribution in [-0.2, 0) is 18.9 Å². The number of carboxylic acids is 1. The Morgan fingerprint density at radius 1 is 1.21 bits per heavy atom. The van der Waals surface area contributed by atoms with E-state index in [-0.39, 0.29) is 12.4 Å². The van der Waals surface area contributed by atoms with Gasteiger partial charge in [-0.15, -0.1) is 0 Å². The van der Waals surface area contributed by atoms with Gasteiger partial charge in [0, 0.05) is 7.11 Å². The van der Waals surface area contributed by atoms with E-state index in [4.69, 9.17) is 18.9 Å². The van der Waals surface area contributed by atoms with Crippen LogP contribution in [0, 0.1) is 13.8 Å². The highest BCUT2D eigenvalue weighted by Crippen LogP contribution is 2.32. The Morgan fingerprint density at radius 3 is 2.52 bits per heavy atom. The summed E-state index contributed by atoms with van der Waals surface area (Å²) in [5.41, 5.74) is 2.55. The van der Waals surface area contributed by atoms with Crippen molar-refractivity contribution in [3.05, 3.63) is 52.6 Å². The number of aryl methyl sites for hydroxylation is 2. The zero-order valence-corrected chi connectivity index (χ0v) is 20.1. The van der Waals surface area contributed by atoms with Crippen LogP contribution in [0.5, 0.6) is 0 Å². The topological polar surface area (TPSA) is 115 Å². The molecule has 1 heterocycles. The number of carboxylic acid groups (broad SMARTS) is 1. The minimum atomic E-state index is -1.01. The highest BCUT2D eigenvalue weighted by atomic mass is 16.8. The number of hydrogen-bond acceptors (Lipinski definition) is 7. The Labute approximate surface area is 195 Å². The summed E-state index contributed by atoms with van der Waals surface area (Å²) in [5.74, 6) is -1.86. The molecule has 33 heavy (non-hydrogen) atoms. The third kappa shape index (κ3) is 7.74. The fourth-order valence-electron chi connectivity index (χ4n) is 3.92. The molecule has 8 heteroatoms. The first-order valence-corrected chi connectivity index (χ1v) is 11.0. The number of rotatable bonds is 11. The number of benzene rings is 1. The molecule has 1 aromatic rings. The minimum absolute atomic E-state index is 0.0102. The third-order valence-electron chi connectivity index (χ3n) is 5.30. The number of aliphatic hydroxyl groups is 2. The number of methoxy groups -OCH3 is 1. The van der Waals surface area contributed by atoms with Gasteiger partial charge in [0.05, 0.1) is 17.8 Å². The third-order valence-corrected chi connectivity index (χ3v) is 5.30. The predicted molar refractivity (Wildman–Crippen MR) is 124 cm³/mol. The molecule has 8 nitrogen and oxygen atoms in total. The molecule has 184 valence electrons. The lowest BCUT2D eigenvalue weighted by Crippen LogP contribution is -2.34. The average Bonchev–Trinajstić information content (AvgIpc) is 3.01. The fourth-order valence-corrected chi connectivity index (χ4v) is 3.92. The van der Waals surface area contributed by atoms with E-state index in [1.807, 2.05) is 25.1 Å². The summed E-state index contributed by atoms with van der Waals surface area (Å²) in [6.45, 7) is 8.83. The van der Waals surface area contributed by atoms with Gasteiger partial charge in [0.25, 0.3) is 0 Å². The fraction of sp³-hybridized carbons (Fsp3) is 0.560. The lowest BCUT2D eigenvalue weighted by atomic mass is 9.97. The van der Waals surface area contributed by atoms with Crippen LogP contribution < -0.4 is 0 Å². The lowest BCUT2D eigenvalue weighted by Gasteiger charge is -2.21. The molecule has 0 amide bonds. The maximum atomic E-state index is 11.7. The Bertz CT molecular complexity index is 858. The molecule has 0 aliphatic carbocycles. The van der Waals surface area contributed by atoms with Crippen molar-refractivity contribution in [3.63, 3.8) is 0 Å². The van der Waals surface area contributed by atoms with Crippen LogP contribution >= 0.6 is 0 Å². The van der Waals surface area contributed by atoms with Crippen molar-refractivity contribution in [1.29, 1.82) is 0 Å². The van der Waals surface area contributed by atoms with E-state index in [0.717, 1.165) is 5.56 Å². The molecule has 1 fully saturated rings. The van der Waals surface area contributed by atoms with E-state index in [2.05, 4.69) is 0 Å². The molecule has 1 aliphatic heterocycles. The van der Waals surface area contributed by atoms with E-state index in [1.165, 1.54) is 13.2 Å². The summed E-state index contributed by atoms with van der Waals surface area (Å²) in [6, 6.07) is 3.67. The molecule has 5 atom stereocenters. The molecule has 0 spiro atoms. The van der Waals surface area contributed by atoms with Crippen molar-refractivity contribution in [2.45, 2.75) is 77.3 Å². The van der Waals surface area contributed by atoms with Crippen LogP contribution in [0.3, 0.4) is 0 Å². The van der Waals surface area contributed by atoms with E-state index in [1.54, 1.807) is 39.8 Å². The van der Waals surface area contributed by atoms with Crippen LogP contribution in [-0.4, -0.2) is 71.5 Å². The summed E-state index contributed by atoms with van der Waals surface area (Å²) in [4.78, 5) is 11.7. The highest BCUT2D eigenvalue weighted by molar-refractivity contribution is 5.94. The Morgan fingerprint density at radius 2 is 1.91 bits per heavy atom. The van der Waals surface area contributed by atoms with Crippen LogP contribution in [0.1, 0.15) is 54.2 Å². The number of ether oxygens (including phenoxy) is 4. The Kier molecular flexibility index (Phi) is 9.78. The van der Waals surface area contributed by atoms with Gasteiger partial charge in [0.1, 0.15) is 25.1 Å². The second-order valence-corrected chi connectivity index (χ2v) is 8.78. The summed E-state index contributed by atoms with van der Waals surface area (Å²) in [6.07, 6.45) is 3.54. The van der Waals surface area contributed by atoms with E-state index < -0.39 is 42.3 Å². The van der Waals surface area contributed by atoms with Crippen molar-refractivity contribution < 1.29 is 39.1 Å². The summed E-state index contributed by atoms with van der Waals surface area (Å²) in [7, 11) is 1.49. The molecule has 1 aliphatic rings. The molecule has 1 aromatic carbocycles. The molecule has 0 bridgehead atoms. The first-order chi connectivity index (χ1) is 15.4. The van der Waals surface area contributed by atoms with Gasteiger partial charge in [-0.3, -0.25) is 0 Å². The zero-order chi connectivity index (χ0) is 24.8. The molecule has 0 aromatic heterocycles. The standard InChI is InChI=1S/C25H36O8/c1-15-12-16(2)22(24(28)29)18(13-15)8-7-9-21-23(33-25(4,5)32-21)19(27)10-11-20(17(3)26)31-14-30-6/h7-8,10-13,17,19-21,23,26-27H,9,14H2,1-6H3,(H,28,29)/b8-7+,11-10-/t17-,19?,20-,21+,23+/m0/s1.